The first-order valence-electron chi connectivity index (χ1n) is 9.04. The molecule has 0 bridgehead atoms. The monoisotopic (exact) mass is 280 g/mol. The first kappa shape index (κ1) is 16.3. The van der Waals surface area contributed by atoms with Crippen molar-refractivity contribution in [1.82, 2.24) is 4.90 Å². The van der Waals surface area contributed by atoms with Crippen LogP contribution in [-0.2, 0) is 0 Å². The molecule has 2 rings (SSSR count). The van der Waals surface area contributed by atoms with Crippen LogP contribution in [0.1, 0.15) is 78.6 Å². The van der Waals surface area contributed by atoms with Crippen molar-refractivity contribution in [2.45, 2.75) is 90.6 Å². The summed E-state index contributed by atoms with van der Waals surface area (Å²) in [6.45, 7) is 9.84. The SMILES string of the molecule is CCC(C)(C)C1CCC(N)C(N2CCCCCCC2)C1. The van der Waals surface area contributed by atoms with Crippen LogP contribution in [0.15, 0.2) is 0 Å². The molecule has 3 unspecified atom stereocenters. The molecule has 0 radical (unpaired) electrons. The van der Waals surface area contributed by atoms with E-state index in [4.69, 9.17) is 5.73 Å². The summed E-state index contributed by atoms with van der Waals surface area (Å²) in [7, 11) is 0. The van der Waals surface area contributed by atoms with Crippen LogP contribution in [0, 0.1) is 11.3 Å². The van der Waals surface area contributed by atoms with Gasteiger partial charge >= 0.3 is 0 Å². The number of rotatable bonds is 3. The summed E-state index contributed by atoms with van der Waals surface area (Å²) >= 11 is 0. The average molecular weight is 280 g/mol. The molecule has 2 N–H and O–H groups in total. The molecule has 0 aromatic heterocycles. The molecular formula is C18H36N2. The molecule has 1 aliphatic heterocycles. The summed E-state index contributed by atoms with van der Waals surface area (Å²) in [4.78, 5) is 2.75. The molecule has 2 nitrogen and oxygen atoms in total. The van der Waals surface area contributed by atoms with Gasteiger partial charge < -0.3 is 5.73 Å². The third kappa shape index (κ3) is 3.98. The first-order chi connectivity index (χ1) is 9.54. The maximum absolute atomic E-state index is 6.51. The predicted molar refractivity (Wildman–Crippen MR) is 87.8 cm³/mol. The highest BCUT2D eigenvalue weighted by molar-refractivity contribution is 4.93. The van der Waals surface area contributed by atoms with Crippen LogP contribution < -0.4 is 5.73 Å². The third-order valence-corrected chi connectivity index (χ3v) is 6.24. The normalized spacial score (nSPS) is 34.5. The van der Waals surface area contributed by atoms with Gasteiger partial charge in [0.15, 0.2) is 0 Å². The Labute approximate surface area is 126 Å². The van der Waals surface area contributed by atoms with E-state index in [1.165, 1.54) is 70.9 Å². The zero-order valence-electron chi connectivity index (χ0n) is 14.0. The van der Waals surface area contributed by atoms with Gasteiger partial charge in [-0.25, -0.2) is 0 Å². The first-order valence-corrected chi connectivity index (χ1v) is 9.04. The molecule has 2 heteroatoms. The molecular weight excluding hydrogens is 244 g/mol. The van der Waals surface area contributed by atoms with E-state index in [2.05, 4.69) is 25.7 Å². The van der Waals surface area contributed by atoms with Crippen LogP contribution in [0.25, 0.3) is 0 Å². The van der Waals surface area contributed by atoms with Crippen LogP contribution in [0.5, 0.6) is 0 Å². The van der Waals surface area contributed by atoms with Gasteiger partial charge in [0.2, 0.25) is 0 Å². The van der Waals surface area contributed by atoms with Crippen molar-refractivity contribution in [2.24, 2.45) is 17.1 Å². The zero-order chi connectivity index (χ0) is 14.6. The lowest BCUT2D eigenvalue weighted by Gasteiger charge is -2.46. The molecule has 0 aromatic rings. The topological polar surface area (TPSA) is 29.3 Å². The maximum Gasteiger partial charge on any atom is 0.0250 e. The van der Waals surface area contributed by atoms with Crippen molar-refractivity contribution in [3.05, 3.63) is 0 Å². The van der Waals surface area contributed by atoms with E-state index in [1.54, 1.807) is 0 Å². The van der Waals surface area contributed by atoms with E-state index >= 15 is 0 Å². The Balaban J connectivity index is 2.00. The fourth-order valence-electron chi connectivity index (χ4n) is 4.19. The Hall–Kier alpha value is -0.0800. The lowest BCUT2D eigenvalue weighted by Crippen LogP contribution is -2.53. The summed E-state index contributed by atoms with van der Waals surface area (Å²) in [5, 5.41) is 0. The minimum atomic E-state index is 0.415. The Kier molecular flexibility index (Phi) is 5.92. The highest BCUT2D eigenvalue weighted by Gasteiger charge is 2.38. The molecule has 0 amide bonds. The van der Waals surface area contributed by atoms with Gasteiger partial charge in [0.25, 0.3) is 0 Å². The van der Waals surface area contributed by atoms with Gasteiger partial charge in [-0.3, -0.25) is 4.90 Å². The minimum absolute atomic E-state index is 0.415. The number of nitrogens with zero attached hydrogens (tertiary/aromatic N) is 1. The van der Waals surface area contributed by atoms with Gasteiger partial charge in [0, 0.05) is 12.1 Å². The molecule has 20 heavy (non-hydrogen) atoms. The zero-order valence-corrected chi connectivity index (χ0v) is 14.0. The number of hydrogen-bond donors (Lipinski definition) is 1. The highest BCUT2D eigenvalue weighted by atomic mass is 15.2. The Morgan fingerprint density at radius 3 is 2.20 bits per heavy atom. The van der Waals surface area contributed by atoms with Gasteiger partial charge in [-0.05, 0) is 56.5 Å². The Morgan fingerprint density at radius 2 is 1.60 bits per heavy atom. The molecule has 3 atom stereocenters. The minimum Gasteiger partial charge on any atom is -0.326 e. The van der Waals surface area contributed by atoms with Crippen molar-refractivity contribution >= 4 is 0 Å². The van der Waals surface area contributed by atoms with Gasteiger partial charge in [0.1, 0.15) is 0 Å². The highest BCUT2D eigenvalue weighted by Crippen LogP contribution is 2.41. The summed E-state index contributed by atoms with van der Waals surface area (Å²) in [6.07, 6.45) is 12.2. The molecule has 1 saturated carbocycles. The van der Waals surface area contributed by atoms with Crippen molar-refractivity contribution in [1.29, 1.82) is 0 Å². The van der Waals surface area contributed by atoms with E-state index in [9.17, 15) is 0 Å². The van der Waals surface area contributed by atoms with Crippen LogP contribution in [0.4, 0.5) is 0 Å². The molecule has 0 aromatic carbocycles. The summed E-state index contributed by atoms with van der Waals surface area (Å²) in [5.74, 6) is 0.864. The molecule has 1 saturated heterocycles. The van der Waals surface area contributed by atoms with Crippen molar-refractivity contribution in [3.63, 3.8) is 0 Å². The summed E-state index contributed by atoms with van der Waals surface area (Å²) in [5.41, 5.74) is 6.99. The number of hydrogen-bond acceptors (Lipinski definition) is 2. The van der Waals surface area contributed by atoms with Crippen LogP contribution >= 0.6 is 0 Å². The average Bonchev–Trinajstić information content (AvgIpc) is 2.39. The van der Waals surface area contributed by atoms with Gasteiger partial charge in [-0.1, -0.05) is 46.5 Å². The number of nitrogens with two attached hydrogens (primary N) is 1. The van der Waals surface area contributed by atoms with Crippen molar-refractivity contribution in [2.75, 3.05) is 13.1 Å². The summed E-state index contributed by atoms with van der Waals surface area (Å²) in [6, 6.07) is 1.07. The second kappa shape index (κ2) is 7.26. The lowest BCUT2D eigenvalue weighted by molar-refractivity contribution is 0.0557. The number of likely N-dealkylation sites (tertiary alicyclic amines) is 1. The Morgan fingerprint density at radius 1 is 1.00 bits per heavy atom. The second-order valence-electron chi connectivity index (χ2n) is 7.89. The van der Waals surface area contributed by atoms with Crippen LogP contribution in [0.2, 0.25) is 0 Å². The van der Waals surface area contributed by atoms with Gasteiger partial charge in [-0.2, -0.15) is 0 Å². The molecule has 2 aliphatic rings. The molecule has 1 heterocycles. The quantitative estimate of drug-likeness (QED) is 0.840. The van der Waals surface area contributed by atoms with E-state index in [0.29, 0.717) is 17.5 Å². The largest absolute Gasteiger partial charge is 0.326 e. The van der Waals surface area contributed by atoms with E-state index in [1.807, 2.05) is 0 Å². The van der Waals surface area contributed by atoms with Crippen molar-refractivity contribution < 1.29 is 0 Å². The lowest BCUT2D eigenvalue weighted by atomic mass is 9.67. The smallest absolute Gasteiger partial charge is 0.0250 e. The maximum atomic E-state index is 6.51. The van der Waals surface area contributed by atoms with Crippen molar-refractivity contribution in [3.8, 4) is 0 Å². The fraction of sp³-hybridized carbons (Fsp3) is 1.00. The van der Waals surface area contributed by atoms with Gasteiger partial charge in [-0.15, -0.1) is 0 Å². The second-order valence-corrected chi connectivity index (χ2v) is 7.89. The third-order valence-electron chi connectivity index (χ3n) is 6.24. The standard InChI is InChI=1S/C18H36N2/c1-4-18(2,3)15-10-11-16(19)17(14-15)20-12-8-6-5-7-9-13-20/h15-17H,4-14,19H2,1-3H3. The van der Waals surface area contributed by atoms with Crippen LogP contribution in [-0.4, -0.2) is 30.1 Å². The molecule has 1 aliphatic carbocycles. The van der Waals surface area contributed by atoms with E-state index < -0.39 is 0 Å². The van der Waals surface area contributed by atoms with Gasteiger partial charge in [0.05, 0.1) is 0 Å². The van der Waals surface area contributed by atoms with E-state index in [0.717, 1.165) is 5.92 Å². The van der Waals surface area contributed by atoms with E-state index in [-0.39, 0.29) is 0 Å². The molecule has 0 spiro atoms. The summed E-state index contributed by atoms with van der Waals surface area (Å²) < 4.78 is 0. The molecule has 118 valence electrons. The predicted octanol–water partition coefficient (Wildman–Crippen LogP) is 4.18. The Bertz CT molecular complexity index is 279. The fourth-order valence-corrected chi connectivity index (χ4v) is 4.19. The molecule has 2 fully saturated rings. The van der Waals surface area contributed by atoms with Crippen LogP contribution in [0.3, 0.4) is 0 Å².